The summed E-state index contributed by atoms with van der Waals surface area (Å²) in [5.74, 6) is -0.229. The highest BCUT2D eigenvalue weighted by molar-refractivity contribution is 5.84. The second-order valence-corrected chi connectivity index (χ2v) is 6.26. The molecule has 0 N–H and O–H groups in total. The second kappa shape index (κ2) is 5.30. The van der Waals surface area contributed by atoms with Crippen LogP contribution in [0.5, 0.6) is 0 Å². The van der Waals surface area contributed by atoms with Crippen molar-refractivity contribution in [1.29, 1.82) is 0 Å². The van der Waals surface area contributed by atoms with Crippen molar-refractivity contribution in [3.63, 3.8) is 0 Å². The molecule has 0 aliphatic carbocycles. The molecule has 1 aromatic heterocycles. The molecule has 2 aliphatic rings. The summed E-state index contributed by atoms with van der Waals surface area (Å²) in [6.45, 7) is 3.63. The molecule has 2 amide bonds. The minimum absolute atomic E-state index is 0.0999. The lowest BCUT2D eigenvalue weighted by Crippen LogP contribution is -2.45. The van der Waals surface area contributed by atoms with E-state index in [1.54, 1.807) is 12.1 Å². The summed E-state index contributed by atoms with van der Waals surface area (Å²) in [7, 11) is 0. The van der Waals surface area contributed by atoms with Gasteiger partial charge in [-0.15, -0.1) is 0 Å². The van der Waals surface area contributed by atoms with Crippen molar-refractivity contribution in [3.05, 3.63) is 35.8 Å². The van der Waals surface area contributed by atoms with Crippen molar-refractivity contribution >= 4 is 16.9 Å². The van der Waals surface area contributed by atoms with E-state index in [1.165, 1.54) is 6.42 Å². The van der Waals surface area contributed by atoms with Gasteiger partial charge in [0, 0.05) is 44.3 Å². The topological polar surface area (TPSA) is 28.5 Å². The van der Waals surface area contributed by atoms with Crippen molar-refractivity contribution in [2.45, 2.75) is 32.4 Å². The first-order valence-electron chi connectivity index (χ1n) is 8.03. The minimum Gasteiger partial charge on any atom is -0.345 e. The van der Waals surface area contributed by atoms with E-state index in [1.807, 2.05) is 22.1 Å². The summed E-state index contributed by atoms with van der Waals surface area (Å²) in [5.41, 5.74) is 1.97. The molecule has 4 rings (SSSR count). The molecule has 2 aliphatic heterocycles. The number of piperidine rings is 1. The molecule has 0 unspecified atom stereocenters. The summed E-state index contributed by atoms with van der Waals surface area (Å²) < 4.78 is 15.9. The number of halogens is 1. The molecule has 0 bridgehead atoms. The monoisotopic (exact) mass is 301 g/mol. The van der Waals surface area contributed by atoms with Crippen LogP contribution < -0.4 is 0 Å². The summed E-state index contributed by atoms with van der Waals surface area (Å²) in [6.07, 6.45) is 5.37. The number of benzene rings is 1. The predicted octanol–water partition coefficient (Wildman–Crippen LogP) is 3.20. The smallest absolute Gasteiger partial charge is 0.320 e. The zero-order chi connectivity index (χ0) is 15.1. The van der Waals surface area contributed by atoms with E-state index in [9.17, 15) is 9.18 Å². The van der Waals surface area contributed by atoms with Gasteiger partial charge in [-0.25, -0.2) is 9.18 Å². The Bertz CT molecular complexity index is 718. The van der Waals surface area contributed by atoms with Gasteiger partial charge in [-0.2, -0.15) is 0 Å². The molecule has 116 valence electrons. The van der Waals surface area contributed by atoms with Crippen molar-refractivity contribution in [1.82, 2.24) is 14.4 Å². The zero-order valence-electron chi connectivity index (χ0n) is 12.6. The Morgan fingerprint density at radius 3 is 2.64 bits per heavy atom. The minimum atomic E-state index is -0.229. The van der Waals surface area contributed by atoms with Crippen LogP contribution in [0.4, 0.5) is 9.18 Å². The normalized spacial score (nSPS) is 18.6. The van der Waals surface area contributed by atoms with Crippen LogP contribution >= 0.6 is 0 Å². The molecule has 0 radical (unpaired) electrons. The van der Waals surface area contributed by atoms with Gasteiger partial charge in [-0.1, -0.05) is 0 Å². The summed E-state index contributed by atoms with van der Waals surface area (Å²) in [5, 5.41) is 0.919. The van der Waals surface area contributed by atoms with E-state index < -0.39 is 0 Å². The fourth-order valence-electron chi connectivity index (χ4n) is 3.67. The lowest BCUT2D eigenvalue weighted by Gasteiger charge is -2.32. The quantitative estimate of drug-likeness (QED) is 0.734. The maximum absolute atomic E-state index is 13.8. The van der Waals surface area contributed by atoms with E-state index in [2.05, 4.69) is 4.57 Å². The number of hydrogen-bond acceptors (Lipinski definition) is 1. The van der Waals surface area contributed by atoms with Crippen molar-refractivity contribution in [3.8, 4) is 0 Å². The van der Waals surface area contributed by atoms with Crippen LogP contribution in [0, 0.1) is 5.82 Å². The van der Waals surface area contributed by atoms with Crippen LogP contribution in [0.1, 0.15) is 24.8 Å². The molecular formula is C17H20FN3O. The highest BCUT2D eigenvalue weighted by Gasteiger charge is 2.25. The van der Waals surface area contributed by atoms with Crippen molar-refractivity contribution in [2.75, 3.05) is 19.6 Å². The highest BCUT2D eigenvalue weighted by atomic mass is 19.1. The maximum Gasteiger partial charge on any atom is 0.320 e. The van der Waals surface area contributed by atoms with E-state index in [4.69, 9.17) is 0 Å². The third kappa shape index (κ3) is 2.25. The van der Waals surface area contributed by atoms with E-state index >= 15 is 0 Å². The fraction of sp³-hybridized carbons (Fsp3) is 0.471. The van der Waals surface area contributed by atoms with Crippen LogP contribution in [0.15, 0.2) is 24.4 Å². The predicted molar refractivity (Wildman–Crippen MR) is 83.1 cm³/mol. The molecule has 22 heavy (non-hydrogen) atoms. The maximum atomic E-state index is 13.8. The third-order valence-corrected chi connectivity index (χ3v) is 4.77. The number of carbonyl (C=O) groups is 1. The van der Waals surface area contributed by atoms with Crippen LogP contribution in [0.2, 0.25) is 0 Å². The largest absolute Gasteiger partial charge is 0.345 e. The van der Waals surface area contributed by atoms with Gasteiger partial charge in [0.1, 0.15) is 5.82 Å². The van der Waals surface area contributed by atoms with Gasteiger partial charge in [0.25, 0.3) is 0 Å². The fourth-order valence-corrected chi connectivity index (χ4v) is 3.67. The first-order chi connectivity index (χ1) is 10.7. The molecule has 0 saturated carbocycles. The Hall–Kier alpha value is -2.04. The highest BCUT2D eigenvalue weighted by Crippen LogP contribution is 2.26. The van der Waals surface area contributed by atoms with Gasteiger partial charge < -0.3 is 14.4 Å². The van der Waals surface area contributed by atoms with Gasteiger partial charge in [-0.3, -0.25) is 0 Å². The molecule has 3 heterocycles. The van der Waals surface area contributed by atoms with Gasteiger partial charge in [0.05, 0.1) is 5.52 Å². The summed E-state index contributed by atoms with van der Waals surface area (Å²) in [4.78, 5) is 16.5. The number of amides is 2. The van der Waals surface area contributed by atoms with E-state index in [0.717, 1.165) is 48.9 Å². The van der Waals surface area contributed by atoms with Gasteiger partial charge in [0.15, 0.2) is 0 Å². The lowest BCUT2D eigenvalue weighted by atomic mass is 10.1. The number of urea groups is 1. The number of rotatable bonds is 0. The average molecular weight is 301 g/mol. The Morgan fingerprint density at radius 2 is 1.82 bits per heavy atom. The Balaban J connectivity index is 1.65. The van der Waals surface area contributed by atoms with Crippen molar-refractivity contribution < 1.29 is 9.18 Å². The molecule has 1 saturated heterocycles. The van der Waals surface area contributed by atoms with Crippen molar-refractivity contribution in [2.24, 2.45) is 0 Å². The van der Waals surface area contributed by atoms with Gasteiger partial charge in [-0.05, 0) is 43.0 Å². The summed E-state index contributed by atoms with van der Waals surface area (Å²) >= 11 is 0. The van der Waals surface area contributed by atoms with Crippen LogP contribution in [0.25, 0.3) is 10.9 Å². The van der Waals surface area contributed by atoms with Crippen LogP contribution in [-0.4, -0.2) is 40.0 Å². The molecule has 0 spiro atoms. The number of nitrogens with zero attached hydrogens (tertiary/aromatic N) is 3. The molecule has 1 aromatic carbocycles. The number of carbonyl (C=O) groups excluding carboxylic acids is 1. The molecule has 5 heteroatoms. The number of likely N-dealkylation sites (tertiary alicyclic amines) is 1. The second-order valence-electron chi connectivity index (χ2n) is 6.26. The Morgan fingerprint density at radius 1 is 1.00 bits per heavy atom. The lowest BCUT2D eigenvalue weighted by molar-refractivity contribution is 0.140. The third-order valence-electron chi connectivity index (χ3n) is 4.77. The summed E-state index contributed by atoms with van der Waals surface area (Å²) in [6, 6.07) is 5.19. The molecular weight excluding hydrogens is 281 g/mol. The van der Waals surface area contributed by atoms with Crippen LogP contribution in [0.3, 0.4) is 0 Å². The molecule has 0 atom stereocenters. The Labute approximate surface area is 129 Å². The SMILES string of the molecule is O=C(N1CCCCC1)N1CCn2ccc3cc(F)cc(c32)C1. The first kappa shape index (κ1) is 13.6. The molecule has 2 aromatic rings. The number of hydrogen-bond donors (Lipinski definition) is 0. The van der Waals surface area contributed by atoms with E-state index in [0.29, 0.717) is 13.1 Å². The number of aromatic nitrogens is 1. The first-order valence-corrected chi connectivity index (χ1v) is 8.03. The van der Waals surface area contributed by atoms with Gasteiger partial charge >= 0.3 is 6.03 Å². The Kier molecular flexibility index (Phi) is 3.28. The zero-order valence-corrected chi connectivity index (χ0v) is 12.6. The molecule has 1 fully saturated rings. The molecule has 4 nitrogen and oxygen atoms in total. The average Bonchev–Trinajstić information content (AvgIpc) is 2.84. The van der Waals surface area contributed by atoms with Gasteiger partial charge in [0.2, 0.25) is 0 Å². The van der Waals surface area contributed by atoms with E-state index in [-0.39, 0.29) is 11.8 Å². The van der Waals surface area contributed by atoms with Crippen LogP contribution in [-0.2, 0) is 13.1 Å². The standard InChI is InChI=1S/C17H20FN3O/c18-15-10-13-4-7-19-8-9-21(12-14(11-15)16(13)19)17(22)20-5-2-1-3-6-20/h4,7,10-11H,1-3,5-6,8-9,12H2.